The molecule has 2 amide bonds. The van der Waals surface area contributed by atoms with E-state index in [4.69, 9.17) is 5.73 Å². The van der Waals surface area contributed by atoms with Crippen LogP contribution in [0.1, 0.15) is 19.3 Å². The third-order valence-corrected chi connectivity index (χ3v) is 1.61. The molecule has 1 rings (SSSR count). The van der Waals surface area contributed by atoms with Crippen LogP contribution in [0.4, 0.5) is 4.79 Å². The summed E-state index contributed by atoms with van der Waals surface area (Å²) in [5.74, 6) is 0.562. The van der Waals surface area contributed by atoms with E-state index >= 15 is 0 Å². The van der Waals surface area contributed by atoms with E-state index in [0.717, 1.165) is 0 Å². The first-order chi connectivity index (χ1) is 4.79. The van der Waals surface area contributed by atoms with Gasteiger partial charge in [0.1, 0.15) is 0 Å². The van der Waals surface area contributed by atoms with Crippen molar-refractivity contribution < 1.29 is 4.79 Å². The van der Waals surface area contributed by atoms with Gasteiger partial charge in [-0.1, -0.05) is 6.42 Å². The average molecular weight is 141 g/mol. The van der Waals surface area contributed by atoms with E-state index < -0.39 is 6.03 Å². The van der Waals surface area contributed by atoms with Crippen molar-refractivity contribution in [3.8, 4) is 0 Å². The number of carbonyl (C=O) groups is 1. The molecule has 0 radical (unpaired) electrons. The van der Waals surface area contributed by atoms with Crippen LogP contribution in [-0.4, -0.2) is 12.2 Å². The summed E-state index contributed by atoms with van der Waals surface area (Å²) < 4.78 is 0. The van der Waals surface area contributed by atoms with Gasteiger partial charge < -0.3 is 5.73 Å². The Morgan fingerprint density at radius 2 is 2.40 bits per heavy atom. The molecular formula is C6H11N3O. The Balaban J connectivity index is 2.10. The third kappa shape index (κ3) is 2.05. The first-order valence-electron chi connectivity index (χ1n) is 3.37. The zero-order chi connectivity index (χ0) is 7.40. The van der Waals surface area contributed by atoms with Crippen LogP contribution in [0.5, 0.6) is 0 Å². The lowest BCUT2D eigenvalue weighted by atomic mass is 9.87. The van der Waals surface area contributed by atoms with Crippen molar-refractivity contribution in [1.29, 1.82) is 0 Å². The SMILES string of the molecule is NC(=O)N/N=C/C1CCC1. The Kier molecular flexibility index (Phi) is 2.25. The molecule has 0 bridgehead atoms. The van der Waals surface area contributed by atoms with Gasteiger partial charge in [-0.05, 0) is 18.8 Å². The summed E-state index contributed by atoms with van der Waals surface area (Å²) in [4.78, 5) is 10.1. The number of nitrogens with two attached hydrogens (primary N) is 1. The van der Waals surface area contributed by atoms with Gasteiger partial charge in [-0.3, -0.25) is 0 Å². The lowest BCUT2D eigenvalue weighted by molar-refractivity contribution is 0.249. The number of carbonyl (C=O) groups excluding carboxylic acids is 1. The van der Waals surface area contributed by atoms with E-state index in [1.165, 1.54) is 19.3 Å². The second-order valence-electron chi connectivity index (χ2n) is 2.45. The number of nitrogens with zero attached hydrogens (tertiary/aromatic N) is 1. The number of rotatable bonds is 2. The molecule has 4 heteroatoms. The summed E-state index contributed by atoms with van der Waals surface area (Å²) >= 11 is 0. The highest BCUT2D eigenvalue weighted by atomic mass is 16.2. The zero-order valence-corrected chi connectivity index (χ0v) is 5.71. The third-order valence-electron chi connectivity index (χ3n) is 1.61. The van der Waals surface area contributed by atoms with Gasteiger partial charge in [0.25, 0.3) is 0 Å². The molecule has 10 heavy (non-hydrogen) atoms. The van der Waals surface area contributed by atoms with Gasteiger partial charge in [0.05, 0.1) is 0 Å². The van der Waals surface area contributed by atoms with Crippen LogP contribution in [0.2, 0.25) is 0 Å². The highest BCUT2D eigenvalue weighted by molar-refractivity contribution is 5.73. The maximum Gasteiger partial charge on any atom is 0.332 e. The van der Waals surface area contributed by atoms with Crippen LogP contribution in [-0.2, 0) is 0 Å². The maximum absolute atomic E-state index is 10.1. The van der Waals surface area contributed by atoms with E-state index in [2.05, 4.69) is 10.5 Å². The largest absolute Gasteiger partial charge is 0.350 e. The van der Waals surface area contributed by atoms with Gasteiger partial charge in [0, 0.05) is 6.21 Å². The smallest absolute Gasteiger partial charge is 0.332 e. The van der Waals surface area contributed by atoms with E-state index in [9.17, 15) is 4.79 Å². The molecule has 1 aliphatic carbocycles. The monoisotopic (exact) mass is 141 g/mol. The van der Waals surface area contributed by atoms with E-state index in [-0.39, 0.29) is 0 Å². The molecule has 0 aromatic rings. The molecule has 0 spiro atoms. The van der Waals surface area contributed by atoms with Crippen molar-refractivity contribution >= 4 is 12.2 Å². The van der Waals surface area contributed by atoms with Gasteiger partial charge in [-0.25, -0.2) is 10.2 Å². The topological polar surface area (TPSA) is 67.5 Å². The van der Waals surface area contributed by atoms with Crippen LogP contribution in [0, 0.1) is 5.92 Å². The van der Waals surface area contributed by atoms with Gasteiger partial charge in [0.15, 0.2) is 0 Å². The molecule has 1 aliphatic rings. The molecule has 4 nitrogen and oxygen atoms in total. The fourth-order valence-corrected chi connectivity index (χ4v) is 0.795. The minimum atomic E-state index is -0.601. The number of hydrogen-bond donors (Lipinski definition) is 2. The molecule has 1 fully saturated rings. The van der Waals surface area contributed by atoms with Gasteiger partial charge in [-0.15, -0.1) is 0 Å². The molecule has 0 aliphatic heterocycles. The number of amides is 2. The minimum absolute atomic E-state index is 0.562. The van der Waals surface area contributed by atoms with Gasteiger partial charge >= 0.3 is 6.03 Å². The number of nitrogens with one attached hydrogen (secondary N) is 1. The van der Waals surface area contributed by atoms with Crippen molar-refractivity contribution in [3.63, 3.8) is 0 Å². The van der Waals surface area contributed by atoms with Crippen LogP contribution in [0.25, 0.3) is 0 Å². The fraction of sp³-hybridized carbons (Fsp3) is 0.667. The van der Waals surface area contributed by atoms with Crippen molar-refractivity contribution in [2.24, 2.45) is 16.8 Å². The average Bonchev–Trinajstić information content (AvgIpc) is 1.75. The highest BCUT2D eigenvalue weighted by Gasteiger charge is 2.14. The molecular weight excluding hydrogens is 130 g/mol. The van der Waals surface area contributed by atoms with E-state index in [1.54, 1.807) is 6.21 Å². The predicted octanol–water partition coefficient (Wildman–Crippen LogP) is 0.441. The predicted molar refractivity (Wildman–Crippen MR) is 38.6 cm³/mol. The number of primary amides is 1. The summed E-state index contributed by atoms with van der Waals surface area (Å²) in [7, 11) is 0. The number of hydrazone groups is 1. The lowest BCUT2D eigenvalue weighted by Gasteiger charge is -2.19. The number of hydrogen-bond acceptors (Lipinski definition) is 2. The summed E-state index contributed by atoms with van der Waals surface area (Å²) in [5, 5.41) is 3.64. The molecule has 0 aromatic carbocycles. The number of urea groups is 1. The second-order valence-corrected chi connectivity index (χ2v) is 2.45. The highest BCUT2D eigenvalue weighted by Crippen LogP contribution is 2.23. The molecule has 0 saturated heterocycles. The van der Waals surface area contributed by atoms with E-state index in [1.807, 2.05) is 0 Å². The molecule has 0 aromatic heterocycles. The molecule has 0 heterocycles. The normalized spacial score (nSPS) is 18.8. The van der Waals surface area contributed by atoms with Crippen LogP contribution < -0.4 is 11.2 Å². The van der Waals surface area contributed by atoms with Crippen molar-refractivity contribution in [1.82, 2.24) is 5.43 Å². The Morgan fingerprint density at radius 1 is 1.70 bits per heavy atom. The minimum Gasteiger partial charge on any atom is -0.350 e. The fourth-order valence-electron chi connectivity index (χ4n) is 0.795. The van der Waals surface area contributed by atoms with E-state index in [0.29, 0.717) is 5.92 Å². The van der Waals surface area contributed by atoms with Crippen LogP contribution >= 0.6 is 0 Å². The van der Waals surface area contributed by atoms with Crippen molar-refractivity contribution in [2.45, 2.75) is 19.3 Å². The summed E-state index contributed by atoms with van der Waals surface area (Å²) in [6, 6.07) is -0.601. The molecule has 0 unspecified atom stereocenters. The van der Waals surface area contributed by atoms with Gasteiger partial charge in [-0.2, -0.15) is 5.10 Å². The molecule has 56 valence electrons. The first-order valence-corrected chi connectivity index (χ1v) is 3.37. The Bertz CT molecular complexity index is 151. The zero-order valence-electron chi connectivity index (χ0n) is 5.71. The molecule has 1 saturated carbocycles. The molecule has 0 atom stereocenters. The Morgan fingerprint density at radius 3 is 2.80 bits per heavy atom. The first kappa shape index (κ1) is 7.05. The second kappa shape index (κ2) is 3.20. The summed E-state index contributed by atoms with van der Waals surface area (Å²) in [5.41, 5.74) is 6.93. The van der Waals surface area contributed by atoms with Crippen molar-refractivity contribution in [3.05, 3.63) is 0 Å². The summed E-state index contributed by atoms with van der Waals surface area (Å²) in [6.07, 6.45) is 5.38. The Labute approximate surface area is 59.5 Å². The maximum atomic E-state index is 10.1. The summed E-state index contributed by atoms with van der Waals surface area (Å²) in [6.45, 7) is 0. The van der Waals surface area contributed by atoms with Gasteiger partial charge in [0.2, 0.25) is 0 Å². The standard InChI is InChI=1S/C6H11N3O/c7-6(10)9-8-4-5-2-1-3-5/h4-5H,1-3H2,(H3,7,9,10)/b8-4+. The van der Waals surface area contributed by atoms with Crippen LogP contribution in [0.3, 0.4) is 0 Å². The molecule has 3 N–H and O–H groups in total. The quantitative estimate of drug-likeness (QED) is 0.425. The van der Waals surface area contributed by atoms with Crippen molar-refractivity contribution in [2.75, 3.05) is 0 Å². The lowest BCUT2D eigenvalue weighted by Crippen LogP contribution is -2.25. The van der Waals surface area contributed by atoms with Crippen LogP contribution in [0.15, 0.2) is 5.10 Å². The Hall–Kier alpha value is -1.06.